The molecule has 0 aliphatic rings. The number of carbonyl (C=O) groups is 2. The number of aromatic nitrogens is 2. The molecule has 0 saturated heterocycles. The first-order valence-electron chi connectivity index (χ1n) is 5.95. The maximum absolute atomic E-state index is 12.2. The van der Waals surface area contributed by atoms with Gasteiger partial charge in [0, 0.05) is 14.1 Å². The summed E-state index contributed by atoms with van der Waals surface area (Å²) in [5.74, 6) is -1.31. The normalized spacial score (nSPS) is 12.2. The zero-order chi connectivity index (χ0) is 13.9. The lowest BCUT2D eigenvalue weighted by atomic mass is 10.2. The molecule has 1 atom stereocenters. The van der Waals surface area contributed by atoms with Gasteiger partial charge in [-0.2, -0.15) is 5.10 Å². The lowest BCUT2D eigenvalue weighted by Crippen LogP contribution is -2.42. The van der Waals surface area contributed by atoms with Crippen molar-refractivity contribution in [3.8, 4) is 0 Å². The molecule has 0 aliphatic carbocycles. The van der Waals surface area contributed by atoms with Crippen molar-refractivity contribution in [3.63, 3.8) is 0 Å². The van der Waals surface area contributed by atoms with Crippen molar-refractivity contribution in [3.05, 3.63) is 17.5 Å². The van der Waals surface area contributed by atoms with Crippen LogP contribution in [0.1, 0.15) is 36.5 Å². The molecule has 1 aromatic heterocycles. The summed E-state index contributed by atoms with van der Waals surface area (Å²) in [6.45, 7) is 3.69. The molecule has 0 radical (unpaired) electrons. The molecule has 18 heavy (non-hydrogen) atoms. The first kappa shape index (κ1) is 14.2. The van der Waals surface area contributed by atoms with Crippen LogP contribution < -0.4 is 0 Å². The van der Waals surface area contributed by atoms with Gasteiger partial charge in [-0.3, -0.25) is 9.48 Å². The fraction of sp³-hybridized carbons (Fsp3) is 0.583. The summed E-state index contributed by atoms with van der Waals surface area (Å²) in [5.41, 5.74) is 1.23. The summed E-state index contributed by atoms with van der Waals surface area (Å²) >= 11 is 0. The molecule has 1 unspecified atom stereocenters. The van der Waals surface area contributed by atoms with E-state index in [1.807, 2.05) is 6.92 Å². The number of likely N-dealkylation sites (N-methyl/N-ethyl adjacent to an activating group) is 1. The Morgan fingerprint density at radius 1 is 1.50 bits per heavy atom. The lowest BCUT2D eigenvalue weighted by Gasteiger charge is -2.23. The Balaban J connectivity index is 2.98. The molecule has 0 aromatic carbocycles. The fourth-order valence-corrected chi connectivity index (χ4v) is 1.84. The Bertz CT molecular complexity index is 453. The number of carboxylic acids is 1. The average molecular weight is 253 g/mol. The third kappa shape index (κ3) is 2.69. The molecule has 6 heteroatoms. The molecule has 0 saturated carbocycles. The summed E-state index contributed by atoms with van der Waals surface area (Å²) in [6, 6.07) is 0.894. The summed E-state index contributed by atoms with van der Waals surface area (Å²) in [6.07, 6.45) is 1.11. The molecule has 100 valence electrons. The van der Waals surface area contributed by atoms with Gasteiger partial charge in [0.15, 0.2) is 0 Å². The van der Waals surface area contributed by atoms with Crippen LogP contribution in [0.2, 0.25) is 0 Å². The first-order chi connectivity index (χ1) is 8.42. The van der Waals surface area contributed by atoms with Crippen LogP contribution >= 0.6 is 0 Å². The highest BCUT2D eigenvalue weighted by Crippen LogP contribution is 2.11. The zero-order valence-corrected chi connectivity index (χ0v) is 11.2. The number of nitrogens with zero attached hydrogens (tertiary/aromatic N) is 3. The highest BCUT2D eigenvalue weighted by atomic mass is 16.4. The predicted octanol–water partition coefficient (Wildman–Crippen LogP) is 0.918. The molecule has 0 fully saturated rings. The van der Waals surface area contributed by atoms with Crippen LogP contribution in [0.4, 0.5) is 0 Å². The number of carbonyl (C=O) groups excluding carboxylic acids is 1. The van der Waals surface area contributed by atoms with Crippen molar-refractivity contribution in [2.45, 2.75) is 32.7 Å². The van der Waals surface area contributed by atoms with Gasteiger partial charge in [-0.25, -0.2) is 4.79 Å². The summed E-state index contributed by atoms with van der Waals surface area (Å²) in [5, 5.41) is 13.2. The quantitative estimate of drug-likeness (QED) is 0.846. The van der Waals surface area contributed by atoms with Crippen LogP contribution in [0.5, 0.6) is 0 Å². The topological polar surface area (TPSA) is 75.4 Å². The minimum absolute atomic E-state index is 0.320. The second-order valence-corrected chi connectivity index (χ2v) is 4.18. The van der Waals surface area contributed by atoms with E-state index in [1.54, 1.807) is 20.0 Å². The van der Waals surface area contributed by atoms with Crippen molar-refractivity contribution >= 4 is 11.9 Å². The molecular weight excluding hydrogens is 234 g/mol. The summed E-state index contributed by atoms with van der Waals surface area (Å²) in [4.78, 5) is 24.5. The van der Waals surface area contributed by atoms with E-state index in [4.69, 9.17) is 5.11 Å². The smallest absolute Gasteiger partial charge is 0.326 e. The first-order valence-corrected chi connectivity index (χ1v) is 5.95. The van der Waals surface area contributed by atoms with Gasteiger partial charge in [0.05, 0.1) is 5.69 Å². The van der Waals surface area contributed by atoms with Gasteiger partial charge in [0.2, 0.25) is 0 Å². The number of aryl methyl sites for hydroxylation is 2. The Labute approximate surface area is 106 Å². The number of carboxylic acid groups (broad SMARTS) is 1. The van der Waals surface area contributed by atoms with E-state index in [0.717, 1.165) is 12.1 Å². The van der Waals surface area contributed by atoms with Crippen LogP contribution in [-0.2, 0) is 18.3 Å². The number of hydrogen-bond acceptors (Lipinski definition) is 3. The van der Waals surface area contributed by atoms with Crippen molar-refractivity contribution in [1.29, 1.82) is 0 Å². The Hall–Kier alpha value is -1.85. The molecule has 1 N–H and O–H groups in total. The third-order valence-corrected chi connectivity index (χ3v) is 2.97. The maximum atomic E-state index is 12.2. The van der Waals surface area contributed by atoms with Gasteiger partial charge in [-0.15, -0.1) is 0 Å². The minimum Gasteiger partial charge on any atom is -0.480 e. The van der Waals surface area contributed by atoms with E-state index in [-0.39, 0.29) is 5.91 Å². The van der Waals surface area contributed by atoms with Crippen LogP contribution in [-0.4, -0.2) is 44.8 Å². The van der Waals surface area contributed by atoms with Crippen LogP contribution in [0.15, 0.2) is 6.07 Å². The van der Waals surface area contributed by atoms with Gasteiger partial charge < -0.3 is 10.0 Å². The van der Waals surface area contributed by atoms with Crippen LogP contribution in [0.3, 0.4) is 0 Å². The van der Waals surface area contributed by atoms with E-state index < -0.39 is 12.0 Å². The van der Waals surface area contributed by atoms with Crippen molar-refractivity contribution in [2.75, 3.05) is 7.05 Å². The molecule has 1 heterocycles. The van der Waals surface area contributed by atoms with Crippen molar-refractivity contribution < 1.29 is 14.7 Å². The third-order valence-electron chi connectivity index (χ3n) is 2.97. The molecule has 0 aliphatic heterocycles. The predicted molar refractivity (Wildman–Crippen MR) is 66.4 cm³/mol. The largest absolute Gasteiger partial charge is 0.480 e. The molecule has 6 nitrogen and oxygen atoms in total. The van der Waals surface area contributed by atoms with E-state index in [2.05, 4.69) is 5.10 Å². The highest BCUT2D eigenvalue weighted by molar-refractivity contribution is 5.95. The fourth-order valence-electron chi connectivity index (χ4n) is 1.84. The van der Waals surface area contributed by atoms with E-state index in [9.17, 15) is 9.59 Å². The number of rotatable bonds is 5. The number of amides is 1. The van der Waals surface area contributed by atoms with Crippen molar-refractivity contribution in [2.24, 2.45) is 7.05 Å². The second kappa shape index (κ2) is 5.66. The molecule has 0 bridgehead atoms. The molecule has 1 amide bonds. The Kier molecular flexibility index (Phi) is 4.47. The number of aliphatic carboxylic acids is 1. The van der Waals surface area contributed by atoms with Gasteiger partial charge in [0.25, 0.3) is 5.91 Å². The maximum Gasteiger partial charge on any atom is 0.326 e. The van der Waals surface area contributed by atoms with E-state index in [1.165, 1.54) is 16.6 Å². The van der Waals surface area contributed by atoms with Gasteiger partial charge >= 0.3 is 5.97 Å². The SMILES string of the molecule is CCc1cc(C(=O)N(C)C(CC)C(=O)O)n(C)n1. The van der Waals surface area contributed by atoms with Crippen LogP contribution in [0, 0.1) is 0 Å². The van der Waals surface area contributed by atoms with E-state index >= 15 is 0 Å². The summed E-state index contributed by atoms with van der Waals surface area (Å²) < 4.78 is 1.49. The zero-order valence-electron chi connectivity index (χ0n) is 11.2. The second-order valence-electron chi connectivity index (χ2n) is 4.18. The van der Waals surface area contributed by atoms with Gasteiger partial charge in [-0.05, 0) is 18.9 Å². The monoisotopic (exact) mass is 253 g/mol. The number of hydrogen-bond donors (Lipinski definition) is 1. The van der Waals surface area contributed by atoms with Gasteiger partial charge in [0.1, 0.15) is 11.7 Å². The lowest BCUT2D eigenvalue weighted by molar-refractivity contribution is -0.142. The van der Waals surface area contributed by atoms with Gasteiger partial charge in [-0.1, -0.05) is 13.8 Å². The Morgan fingerprint density at radius 3 is 2.50 bits per heavy atom. The summed E-state index contributed by atoms with van der Waals surface area (Å²) in [7, 11) is 3.19. The molecule has 1 aromatic rings. The van der Waals surface area contributed by atoms with Crippen LogP contribution in [0.25, 0.3) is 0 Å². The van der Waals surface area contributed by atoms with Crippen molar-refractivity contribution in [1.82, 2.24) is 14.7 Å². The van der Waals surface area contributed by atoms with E-state index in [0.29, 0.717) is 12.1 Å². The Morgan fingerprint density at radius 2 is 2.11 bits per heavy atom. The molecular formula is C12H19N3O3. The molecule has 0 spiro atoms. The average Bonchev–Trinajstić information content (AvgIpc) is 2.69. The standard InChI is InChI=1S/C12H19N3O3/c1-5-8-7-10(15(4)13-8)11(16)14(3)9(6-2)12(17)18/h7,9H,5-6H2,1-4H3,(H,17,18). The highest BCUT2D eigenvalue weighted by Gasteiger charge is 2.27. The molecule has 1 rings (SSSR count). The minimum atomic E-state index is -0.994.